The van der Waals surface area contributed by atoms with Crippen molar-refractivity contribution in [2.45, 2.75) is 105 Å². The van der Waals surface area contributed by atoms with Crippen LogP contribution in [-0.2, 0) is 21.7 Å². The van der Waals surface area contributed by atoms with Crippen LogP contribution in [0.5, 0.6) is 11.5 Å². The van der Waals surface area contributed by atoms with Crippen LogP contribution in [0.25, 0.3) is 49.9 Å². The lowest BCUT2D eigenvalue weighted by molar-refractivity contribution is 0.381. The van der Waals surface area contributed by atoms with Gasteiger partial charge in [-0.2, -0.15) is 0 Å². The minimum atomic E-state index is -2.23. The molecule has 0 N–H and O–H groups in total. The van der Waals surface area contributed by atoms with Crippen LogP contribution < -0.4 is 19.4 Å². The summed E-state index contributed by atoms with van der Waals surface area (Å²) in [7, 11) is 0. The number of para-hydroxylation sites is 5. The third-order valence-corrected chi connectivity index (χ3v) is 16.6. The van der Waals surface area contributed by atoms with Crippen molar-refractivity contribution < 1.29 is 26.7 Å². The van der Waals surface area contributed by atoms with Crippen molar-refractivity contribution >= 4 is 61.6 Å². The summed E-state index contributed by atoms with van der Waals surface area (Å²) in [6, 6.07) is 62.5. The first kappa shape index (κ1) is 58.2. The van der Waals surface area contributed by atoms with E-state index in [1.165, 1.54) is 0 Å². The van der Waals surface area contributed by atoms with Crippen LogP contribution in [0.15, 0.2) is 194 Å². The van der Waals surface area contributed by atoms with Crippen molar-refractivity contribution in [1.29, 1.82) is 0 Å². The van der Waals surface area contributed by atoms with E-state index < -0.39 is 40.1 Å². The second-order valence-corrected chi connectivity index (χ2v) is 26.9. The van der Waals surface area contributed by atoms with E-state index >= 15 is 22.0 Å². The van der Waals surface area contributed by atoms with Crippen molar-refractivity contribution in [2.24, 2.45) is 0 Å². The number of nitrogens with zero attached hydrogens (tertiary/aromatic N) is 5. The fourth-order valence-corrected chi connectivity index (χ4v) is 11.8. The van der Waals surface area contributed by atoms with Crippen molar-refractivity contribution in [1.82, 2.24) is 9.55 Å². The zero-order chi connectivity index (χ0) is 61.6. The Morgan fingerprint density at radius 3 is 1.53 bits per heavy atom. The molecule has 87 heavy (non-hydrogen) atoms. The molecule has 11 aromatic rings. The van der Waals surface area contributed by atoms with Gasteiger partial charge < -0.3 is 19.4 Å². The molecule has 0 aliphatic carbocycles. The molecule has 0 saturated heterocycles. The van der Waals surface area contributed by atoms with Crippen LogP contribution in [0.2, 0.25) is 0 Å². The molecule has 0 spiro atoms. The Bertz CT molecular complexity index is 4370. The lowest BCUT2D eigenvalue weighted by Crippen LogP contribution is -2.26. The molecule has 3 heterocycles. The van der Waals surface area contributed by atoms with Gasteiger partial charge in [0, 0.05) is 63.4 Å². The number of fused-ring (bicyclic) bond motifs is 4. The van der Waals surface area contributed by atoms with E-state index in [-0.39, 0.29) is 34.2 Å². The summed E-state index contributed by atoms with van der Waals surface area (Å²) in [5.74, 6) is -8.27. The maximum Gasteiger partial charge on any atom is 0.200 e. The Balaban J connectivity index is 1.10. The summed E-state index contributed by atoms with van der Waals surface area (Å²) in [4.78, 5) is 11.1. The van der Waals surface area contributed by atoms with Gasteiger partial charge in [-0.05, 0) is 134 Å². The maximum absolute atomic E-state index is 17.0. The highest BCUT2D eigenvalue weighted by Crippen LogP contribution is 2.54. The molecule has 0 bridgehead atoms. The fourth-order valence-electron chi connectivity index (χ4n) is 11.8. The first-order valence-corrected chi connectivity index (χ1v) is 29.5. The summed E-state index contributed by atoms with van der Waals surface area (Å²) in [5, 5.41) is 2.10. The molecule has 9 aromatic carbocycles. The molecule has 0 atom stereocenters. The number of hydrogen-bond donors (Lipinski definition) is 0. The van der Waals surface area contributed by atoms with Gasteiger partial charge in [0.15, 0.2) is 23.3 Å². The first-order valence-electron chi connectivity index (χ1n) is 29.5. The molecule has 0 amide bonds. The molecule has 2 aromatic heterocycles. The molecule has 6 nitrogen and oxygen atoms in total. The lowest BCUT2D eigenvalue weighted by atomic mass is 9.77. The second-order valence-electron chi connectivity index (χ2n) is 26.9. The molecule has 1 aliphatic rings. The average Bonchev–Trinajstić information content (AvgIpc) is 1.85. The number of aromatic nitrogens is 2. The van der Waals surface area contributed by atoms with Gasteiger partial charge >= 0.3 is 0 Å². The minimum absolute atomic E-state index is 0.0287. The van der Waals surface area contributed by atoms with Gasteiger partial charge in [0.25, 0.3) is 0 Å². The SMILES string of the molecule is CC(C)(C)c1cc(-c2cc(C(C)(C)C)cc(-c3c(F)c(F)c(F)c(F)c3F)c2N2CN(c3cc(Oc4ccc5c6ccccc6n(-c6cc(C(C)(C)C)ccn6)c5c4)cc(N(c4ccccc4)c4ccccc4)c3)c3ccccc32)cc(C(C)(C)C)c1. The van der Waals surface area contributed by atoms with E-state index in [9.17, 15) is 0 Å². The van der Waals surface area contributed by atoms with Crippen LogP contribution in [0.1, 0.15) is 105 Å². The highest BCUT2D eigenvalue weighted by atomic mass is 19.2. The molecule has 1 aliphatic heterocycles. The summed E-state index contributed by atoms with van der Waals surface area (Å²) in [5.41, 5.74) is 9.16. The van der Waals surface area contributed by atoms with E-state index in [0.29, 0.717) is 34.0 Å². The van der Waals surface area contributed by atoms with Gasteiger partial charge in [-0.25, -0.2) is 26.9 Å². The molecule has 0 fully saturated rings. The first-order chi connectivity index (χ1) is 41.2. The van der Waals surface area contributed by atoms with E-state index in [0.717, 1.165) is 72.6 Å². The van der Waals surface area contributed by atoms with Gasteiger partial charge in [0.2, 0.25) is 5.82 Å². The normalized spacial score (nSPS) is 13.0. The fraction of sp³-hybridized carbons (Fsp3) is 0.224. The van der Waals surface area contributed by atoms with E-state index in [1.807, 2.05) is 153 Å². The highest BCUT2D eigenvalue weighted by molar-refractivity contribution is 6.09. The standard InChI is InChI=1S/C76H70F5N5O/c1-73(2,3)47-33-34-82-65(40-47)86-61-28-20-19-27-57(61)58-32-31-55(44-64(58)86)87-56-42-53(41-54(43-56)85(51-23-15-13-16-24-51)52-25-17-14-18-26-52)83-45-84(63-30-22-21-29-62(63)83)72-59(46-35-48(74(4,5)6)37-49(36-46)75(7,8)9)38-50(76(10,11)12)39-60(72)66-67(77)69(79)71(81)70(80)68(66)78/h13-44H,45H2,1-12H3. The Morgan fingerprint density at radius 1 is 0.414 bits per heavy atom. The summed E-state index contributed by atoms with van der Waals surface area (Å²) in [6.45, 7) is 25.3. The molecule has 0 saturated carbocycles. The molecular formula is C76H70F5N5O. The largest absolute Gasteiger partial charge is 0.457 e. The van der Waals surface area contributed by atoms with Crippen LogP contribution in [0.3, 0.4) is 0 Å². The van der Waals surface area contributed by atoms with Crippen molar-refractivity contribution in [3.05, 3.63) is 246 Å². The number of pyridine rings is 1. The summed E-state index contributed by atoms with van der Waals surface area (Å²) < 4.78 is 90.2. The van der Waals surface area contributed by atoms with Crippen LogP contribution in [-0.4, -0.2) is 16.2 Å². The lowest BCUT2D eigenvalue weighted by Gasteiger charge is -2.32. The number of rotatable bonds is 10. The van der Waals surface area contributed by atoms with Crippen molar-refractivity contribution in [2.75, 3.05) is 21.4 Å². The Hall–Kier alpha value is -9.22. The number of anilines is 7. The monoisotopic (exact) mass is 1160 g/mol. The third-order valence-electron chi connectivity index (χ3n) is 16.6. The average molecular weight is 1160 g/mol. The zero-order valence-corrected chi connectivity index (χ0v) is 51.2. The second kappa shape index (κ2) is 21.6. The summed E-state index contributed by atoms with van der Waals surface area (Å²) in [6.07, 6.45) is 1.86. The predicted molar refractivity (Wildman–Crippen MR) is 347 cm³/mol. The molecule has 11 heteroatoms. The topological polar surface area (TPSA) is 36.8 Å². The molecule has 0 radical (unpaired) electrons. The molecular weight excluding hydrogens is 1090 g/mol. The molecule has 440 valence electrons. The summed E-state index contributed by atoms with van der Waals surface area (Å²) >= 11 is 0. The number of ether oxygens (including phenoxy) is 1. The smallest absolute Gasteiger partial charge is 0.200 e. The number of benzene rings is 9. The van der Waals surface area contributed by atoms with E-state index in [4.69, 9.17) is 9.72 Å². The van der Waals surface area contributed by atoms with Crippen molar-refractivity contribution in [3.8, 4) is 39.6 Å². The van der Waals surface area contributed by atoms with Gasteiger partial charge in [-0.1, -0.05) is 168 Å². The third kappa shape index (κ3) is 10.8. The van der Waals surface area contributed by atoms with Crippen LogP contribution >= 0.6 is 0 Å². The molecule has 0 unspecified atom stereocenters. The quantitative estimate of drug-likeness (QED) is 0.0775. The van der Waals surface area contributed by atoms with Gasteiger partial charge in [0.1, 0.15) is 24.0 Å². The van der Waals surface area contributed by atoms with Crippen molar-refractivity contribution in [3.63, 3.8) is 0 Å². The van der Waals surface area contributed by atoms with Gasteiger partial charge in [0.05, 0.1) is 39.3 Å². The number of halogens is 5. The maximum atomic E-state index is 17.0. The Morgan fingerprint density at radius 2 is 0.931 bits per heavy atom. The van der Waals surface area contributed by atoms with Gasteiger partial charge in [-0.3, -0.25) is 4.57 Å². The Labute approximate surface area is 506 Å². The van der Waals surface area contributed by atoms with Crippen LogP contribution in [0, 0.1) is 29.1 Å². The minimum Gasteiger partial charge on any atom is -0.457 e. The highest BCUT2D eigenvalue weighted by Gasteiger charge is 2.37. The molecule has 12 rings (SSSR count). The van der Waals surface area contributed by atoms with E-state index in [1.54, 1.807) is 6.07 Å². The van der Waals surface area contributed by atoms with E-state index in [2.05, 4.69) is 137 Å². The number of hydrogen-bond acceptors (Lipinski definition) is 5. The predicted octanol–water partition coefficient (Wildman–Crippen LogP) is 21.9. The Kier molecular flexibility index (Phi) is 14.5. The van der Waals surface area contributed by atoms with Crippen LogP contribution in [0.4, 0.5) is 61.8 Å². The zero-order valence-electron chi connectivity index (χ0n) is 51.2. The van der Waals surface area contributed by atoms with Gasteiger partial charge in [-0.15, -0.1) is 0 Å².